The SMILES string of the molecule is CCCOCCC(C)N. The van der Waals surface area contributed by atoms with Crippen molar-refractivity contribution < 1.29 is 4.74 Å². The Morgan fingerprint density at radius 1 is 1.44 bits per heavy atom. The predicted molar refractivity (Wildman–Crippen MR) is 39.4 cm³/mol. The summed E-state index contributed by atoms with van der Waals surface area (Å²) in [5.74, 6) is 0. The van der Waals surface area contributed by atoms with E-state index < -0.39 is 0 Å². The summed E-state index contributed by atoms with van der Waals surface area (Å²) in [5.41, 5.74) is 5.49. The van der Waals surface area contributed by atoms with E-state index in [2.05, 4.69) is 6.92 Å². The first-order chi connectivity index (χ1) is 4.27. The van der Waals surface area contributed by atoms with Gasteiger partial charge in [-0.3, -0.25) is 0 Å². The van der Waals surface area contributed by atoms with E-state index in [1.54, 1.807) is 0 Å². The molecule has 0 fully saturated rings. The molecule has 0 aromatic carbocycles. The van der Waals surface area contributed by atoms with E-state index in [1.165, 1.54) is 0 Å². The van der Waals surface area contributed by atoms with E-state index in [0.29, 0.717) is 0 Å². The normalized spacial score (nSPS) is 13.7. The van der Waals surface area contributed by atoms with Gasteiger partial charge in [0, 0.05) is 19.3 Å². The van der Waals surface area contributed by atoms with Crippen molar-refractivity contribution in [1.29, 1.82) is 0 Å². The molecule has 0 spiro atoms. The van der Waals surface area contributed by atoms with Gasteiger partial charge in [0.05, 0.1) is 0 Å². The van der Waals surface area contributed by atoms with Crippen LogP contribution >= 0.6 is 0 Å². The molecule has 1 atom stereocenters. The predicted octanol–water partition coefficient (Wildman–Crippen LogP) is 1.15. The maximum atomic E-state index is 5.49. The van der Waals surface area contributed by atoms with Gasteiger partial charge >= 0.3 is 0 Å². The smallest absolute Gasteiger partial charge is 0.0480 e. The van der Waals surface area contributed by atoms with Crippen LogP contribution in [0.2, 0.25) is 0 Å². The maximum absolute atomic E-state index is 5.49. The van der Waals surface area contributed by atoms with Gasteiger partial charge in [-0.05, 0) is 19.8 Å². The zero-order valence-electron chi connectivity index (χ0n) is 6.39. The third-order valence-corrected chi connectivity index (χ3v) is 1.07. The summed E-state index contributed by atoms with van der Waals surface area (Å²) in [6, 6.07) is 0.279. The second-order valence-corrected chi connectivity index (χ2v) is 2.38. The van der Waals surface area contributed by atoms with Crippen molar-refractivity contribution in [3.05, 3.63) is 0 Å². The molecule has 1 unspecified atom stereocenters. The number of nitrogens with two attached hydrogens (primary N) is 1. The quantitative estimate of drug-likeness (QED) is 0.568. The minimum Gasteiger partial charge on any atom is -0.381 e. The lowest BCUT2D eigenvalue weighted by atomic mass is 10.3. The Hall–Kier alpha value is -0.0800. The van der Waals surface area contributed by atoms with Crippen molar-refractivity contribution in [1.82, 2.24) is 0 Å². The van der Waals surface area contributed by atoms with Crippen LogP contribution < -0.4 is 5.73 Å². The van der Waals surface area contributed by atoms with Gasteiger partial charge in [0.2, 0.25) is 0 Å². The van der Waals surface area contributed by atoms with Gasteiger partial charge in [-0.25, -0.2) is 0 Å². The third kappa shape index (κ3) is 7.92. The van der Waals surface area contributed by atoms with Crippen LogP contribution in [-0.4, -0.2) is 19.3 Å². The van der Waals surface area contributed by atoms with Gasteiger partial charge in [-0.15, -0.1) is 0 Å². The number of hydrogen-bond acceptors (Lipinski definition) is 2. The van der Waals surface area contributed by atoms with E-state index >= 15 is 0 Å². The minimum absolute atomic E-state index is 0.279. The molecule has 0 rings (SSSR count). The van der Waals surface area contributed by atoms with Gasteiger partial charge in [0.15, 0.2) is 0 Å². The van der Waals surface area contributed by atoms with Crippen molar-refractivity contribution in [2.24, 2.45) is 5.73 Å². The molecule has 0 saturated carbocycles. The molecule has 2 heteroatoms. The lowest BCUT2D eigenvalue weighted by molar-refractivity contribution is 0.129. The van der Waals surface area contributed by atoms with Crippen molar-refractivity contribution >= 4 is 0 Å². The highest BCUT2D eigenvalue weighted by Crippen LogP contribution is 1.87. The van der Waals surface area contributed by atoms with Crippen LogP contribution in [0.3, 0.4) is 0 Å². The molecule has 0 bridgehead atoms. The molecule has 0 aliphatic carbocycles. The highest BCUT2D eigenvalue weighted by molar-refractivity contribution is 4.49. The number of rotatable bonds is 5. The van der Waals surface area contributed by atoms with Crippen LogP contribution in [0.5, 0.6) is 0 Å². The average molecular weight is 131 g/mol. The summed E-state index contributed by atoms with van der Waals surface area (Å²) < 4.78 is 5.21. The van der Waals surface area contributed by atoms with E-state index in [9.17, 15) is 0 Å². The second-order valence-electron chi connectivity index (χ2n) is 2.38. The molecule has 0 aliphatic rings. The lowest BCUT2D eigenvalue weighted by Gasteiger charge is -2.04. The average Bonchev–Trinajstić information content (AvgIpc) is 1.80. The Morgan fingerprint density at radius 3 is 2.56 bits per heavy atom. The second kappa shape index (κ2) is 6.05. The third-order valence-electron chi connectivity index (χ3n) is 1.07. The fraction of sp³-hybridized carbons (Fsp3) is 1.00. The van der Waals surface area contributed by atoms with Gasteiger partial charge in [0.25, 0.3) is 0 Å². The van der Waals surface area contributed by atoms with Crippen molar-refractivity contribution in [2.45, 2.75) is 32.7 Å². The molecule has 0 heterocycles. The Morgan fingerprint density at radius 2 is 2.11 bits per heavy atom. The molecule has 9 heavy (non-hydrogen) atoms. The maximum Gasteiger partial charge on any atom is 0.0480 e. The van der Waals surface area contributed by atoms with Crippen LogP contribution in [0.4, 0.5) is 0 Å². The van der Waals surface area contributed by atoms with Gasteiger partial charge in [0.1, 0.15) is 0 Å². The summed E-state index contributed by atoms with van der Waals surface area (Å²) in [7, 11) is 0. The summed E-state index contributed by atoms with van der Waals surface area (Å²) in [5, 5.41) is 0. The number of hydrogen-bond donors (Lipinski definition) is 1. The molecule has 0 aromatic rings. The Balaban J connectivity index is 2.75. The summed E-state index contributed by atoms with van der Waals surface area (Å²) in [4.78, 5) is 0. The molecule has 0 saturated heterocycles. The van der Waals surface area contributed by atoms with Crippen molar-refractivity contribution in [3.63, 3.8) is 0 Å². The highest BCUT2D eigenvalue weighted by Gasteiger charge is 1.91. The summed E-state index contributed by atoms with van der Waals surface area (Å²) in [6.07, 6.45) is 2.07. The fourth-order valence-corrected chi connectivity index (χ4v) is 0.516. The van der Waals surface area contributed by atoms with Crippen LogP contribution in [0.15, 0.2) is 0 Å². The first-order valence-electron chi connectivity index (χ1n) is 3.60. The zero-order valence-corrected chi connectivity index (χ0v) is 6.39. The van der Waals surface area contributed by atoms with Gasteiger partial charge < -0.3 is 10.5 Å². The summed E-state index contributed by atoms with van der Waals surface area (Å²) >= 11 is 0. The molecule has 2 N–H and O–H groups in total. The molecule has 0 amide bonds. The minimum atomic E-state index is 0.279. The summed E-state index contributed by atoms with van der Waals surface area (Å²) in [6.45, 7) is 5.78. The Kier molecular flexibility index (Phi) is 5.99. The molecule has 2 nitrogen and oxygen atoms in total. The molecule has 0 radical (unpaired) electrons. The van der Waals surface area contributed by atoms with Crippen LogP contribution in [0, 0.1) is 0 Å². The van der Waals surface area contributed by atoms with Gasteiger partial charge in [-0.1, -0.05) is 6.92 Å². The Labute approximate surface area is 57.4 Å². The van der Waals surface area contributed by atoms with Crippen LogP contribution in [0.1, 0.15) is 26.7 Å². The standard InChI is InChI=1S/C7H17NO/c1-3-5-9-6-4-7(2)8/h7H,3-6,8H2,1-2H3. The molecule has 0 aliphatic heterocycles. The first kappa shape index (κ1) is 8.92. The Bertz CT molecular complexity index is 54.9. The zero-order chi connectivity index (χ0) is 7.11. The molecular formula is C7H17NO. The molecular weight excluding hydrogens is 114 g/mol. The van der Waals surface area contributed by atoms with E-state index in [4.69, 9.17) is 10.5 Å². The van der Waals surface area contributed by atoms with Crippen molar-refractivity contribution in [3.8, 4) is 0 Å². The highest BCUT2D eigenvalue weighted by atomic mass is 16.5. The topological polar surface area (TPSA) is 35.2 Å². The largest absolute Gasteiger partial charge is 0.381 e. The van der Waals surface area contributed by atoms with Gasteiger partial charge in [-0.2, -0.15) is 0 Å². The number of ether oxygens (including phenoxy) is 1. The van der Waals surface area contributed by atoms with Crippen LogP contribution in [-0.2, 0) is 4.74 Å². The van der Waals surface area contributed by atoms with E-state index in [1.807, 2.05) is 6.92 Å². The van der Waals surface area contributed by atoms with E-state index in [0.717, 1.165) is 26.1 Å². The monoisotopic (exact) mass is 131 g/mol. The molecule has 0 aromatic heterocycles. The van der Waals surface area contributed by atoms with E-state index in [-0.39, 0.29) is 6.04 Å². The lowest BCUT2D eigenvalue weighted by Crippen LogP contribution is -2.17. The fourth-order valence-electron chi connectivity index (χ4n) is 0.516. The van der Waals surface area contributed by atoms with Crippen LogP contribution in [0.25, 0.3) is 0 Å². The van der Waals surface area contributed by atoms with Crippen molar-refractivity contribution in [2.75, 3.05) is 13.2 Å². The first-order valence-corrected chi connectivity index (χ1v) is 3.60. The molecule has 56 valence electrons.